The highest BCUT2D eigenvalue weighted by atomic mass is 19.1. The molecule has 1 aliphatic rings. The summed E-state index contributed by atoms with van der Waals surface area (Å²) in [5.74, 6) is -0.675. The predicted molar refractivity (Wildman–Crippen MR) is 93.0 cm³/mol. The minimum atomic E-state index is -0.529. The van der Waals surface area contributed by atoms with Crippen molar-refractivity contribution in [3.63, 3.8) is 0 Å². The lowest BCUT2D eigenvalue weighted by Gasteiger charge is -2.28. The highest BCUT2D eigenvalue weighted by molar-refractivity contribution is 6.02. The van der Waals surface area contributed by atoms with Crippen LogP contribution in [0.3, 0.4) is 0 Å². The van der Waals surface area contributed by atoms with Gasteiger partial charge in [-0.3, -0.25) is 14.5 Å². The number of halogens is 1. The molecule has 1 aliphatic heterocycles. The summed E-state index contributed by atoms with van der Waals surface area (Å²) < 4.78 is 23.7. The van der Waals surface area contributed by atoms with Crippen LogP contribution in [0.15, 0.2) is 47.6 Å². The van der Waals surface area contributed by atoms with Gasteiger partial charge in [0.15, 0.2) is 18.2 Å². The summed E-state index contributed by atoms with van der Waals surface area (Å²) in [6.45, 7) is -0.327. The van der Waals surface area contributed by atoms with Crippen molar-refractivity contribution in [1.82, 2.24) is 5.43 Å². The first-order valence-electron chi connectivity index (χ1n) is 7.76. The van der Waals surface area contributed by atoms with Gasteiger partial charge in [0.1, 0.15) is 12.3 Å². The number of carbonyl (C=O) groups is 2. The molecule has 1 heterocycles. The molecule has 26 heavy (non-hydrogen) atoms. The van der Waals surface area contributed by atoms with Crippen LogP contribution in [0.4, 0.5) is 10.1 Å². The summed E-state index contributed by atoms with van der Waals surface area (Å²) in [6, 6.07) is 11.2. The van der Waals surface area contributed by atoms with Crippen molar-refractivity contribution in [2.24, 2.45) is 5.10 Å². The summed E-state index contributed by atoms with van der Waals surface area (Å²) in [7, 11) is 1.37. The van der Waals surface area contributed by atoms with Gasteiger partial charge in [-0.15, -0.1) is 0 Å². The maximum atomic E-state index is 13.6. The molecule has 0 saturated heterocycles. The Morgan fingerprint density at radius 2 is 2.19 bits per heavy atom. The standard InChI is InChI=1S/C18H16FN3O4/c1-25-15-7-6-12(8-13(15)19)9-20-21-17(23)10-22-14-4-2-3-5-16(14)26-11-18(22)24/h2-9H,10-11H2,1H3,(H,21,23)/b20-9-. The monoisotopic (exact) mass is 357 g/mol. The second-order valence-corrected chi connectivity index (χ2v) is 5.42. The molecule has 0 aromatic heterocycles. The third-order valence-electron chi connectivity index (χ3n) is 3.69. The number of rotatable bonds is 5. The lowest BCUT2D eigenvalue weighted by molar-refractivity contribution is -0.125. The van der Waals surface area contributed by atoms with Crippen LogP contribution in [-0.4, -0.2) is 38.3 Å². The average Bonchev–Trinajstić information content (AvgIpc) is 2.64. The van der Waals surface area contributed by atoms with Crippen molar-refractivity contribution < 1.29 is 23.5 Å². The first kappa shape index (κ1) is 17.4. The van der Waals surface area contributed by atoms with Gasteiger partial charge in [-0.1, -0.05) is 12.1 Å². The van der Waals surface area contributed by atoms with Crippen molar-refractivity contribution in [2.75, 3.05) is 25.2 Å². The predicted octanol–water partition coefficient (Wildman–Crippen LogP) is 1.71. The number of fused-ring (bicyclic) bond motifs is 1. The molecule has 0 radical (unpaired) electrons. The lowest BCUT2D eigenvalue weighted by Crippen LogP contribution is -2.44. The van der Waals surface area contributed by atoms with Crippen molar-refractivity contribution in [3.05, 3.63) is 53.8 Å². The fraction of sp³-hybridized carbons (Fsp3) is 0.167. The number of para-hydroxylation sites is 2. The van der Waals surface area contributed by atoms with Gasteiger partial charge in [0.05, 0.1) is 19.0 Å². The summed E-state index contributed by atoms with van der Waals surface area (Å²) in [4.78, 5) is 25.4. The number of anilines is 1. The molecule has 2 aromatic carbocycles. The number of hydrogen-bond donors (Lipinski definition) is 1. The van der Waals surface area contributed by atoms with E-state index in [9.17, 15) is 14.0 Å². The maximum Gasteiger partial charge on any atom is 0.265 e. The van der Waals surface area contributed by atoms with Gasteiger partial charge in [0.25, 0.3) is 11.8 Å². The Balaban J connectivity index is 1.62. The fourth-order valence-electron chi connectivity index (χ4n) is 2.45. The van der Waals surface area contributed by atoms with Crippen LogP contribution >= 0.6 is 0 Å². The fourth-order valence-corrected chi connectivity index (χ4v) is 2.45. The topological polar surface area (TPSA) is 80.2 Å². The number of amides is 2. The molecule has 0 spiro atoms. The summed E-state index contributed by atoms with van der Waals surface area (Å²) in [6.07, 6.45) is 1.30. The molecule has 0 atom stereocenters. The van der Waals surface area contributed by atoms with Gasteiger partial charge < -0.3 is 9.47 Å². The van der Waals surface area contributed by atoms with E-state index in [1.54, 1.807) is 30.3 Å². The Labute approximate surface area is 149 Å². The van der Waals surface area contributed by atoms with Crippen LogP contribution in [-0.2, 0) is 9.59 Å². The Bertz CT molecular complexity index is 869. The summed E-state index contributed by atoms with van der Waals surface area (Å²) in [5, 5.41) is 3.78. The quantitative estimate of drug-likeness (QED) is 0.653. The zero-order valence-electron chi connectivity index (χ0n) is 13.9. The molecule has 3 rings (SSSR count). The van der Waals surface area contributed by atoms with Gasteiger partial charge in [-0.25, -0.2) is 9.82 Å². The first-order chi connectivity index (χ1) is 12.6. The Hall–Kier alpha value is -3.42. The van der Waals surface area contributed by atoms with E-state index in [1.165, 1.54) is 30.4 Å². The summed E-state index contributed by atoms with van der Waals surface area (Å²) >= 11 is 0. The zero-order chi connectivity index (χ0) is 18.5. The third-order valence-corrected chi connectivity index (χ3v) is 3.69. The van der Waals surface area contributed by atoms with Gasteiger partial charge in [-0.05, 0) is 35.9 Å². The van der Waals surface area contributed by atoms with E-state index in [0.29, 0.717) is 17.0 Å². The molecule has 7 nitrogen and oxygen atoms in total. The number of benzene rings is 2. The van der Waals surface area contributed by atoms with E-state index in [2.05, 4.69) is 10.5 Å². The number of nitrogens with zero attached hydrogens (tertiary/aromatic N) is 2. The van der Waals surface area contributed by atoms with Crippen molar-refractivity contribution in [3.8, 4) is 11.5 Å². The molecule has 2 aromatic rings. The molecule has 134 valence electrons. The van der Waals surface area contributed by atoms with E-state index >= 15 is 0 Å². The molecule has 1 N–H and O–H groups in total. The van der Waals surface area contributed by atoms with Crippen LogP contribution in [0.25, 0.3) is 0 Å². The van der Waals surface area contributed by atoms with Gasteiger partial charge in [0.2, 0.25) is 0 Å². The first-order valence-corrected chi connectivity index (χ1v) is 7.76. The number of carbonyl (C=O) groups excluding carboxylic acids is 2. The Morgan fingerprint density at radius 3 is 2.96 bits per heavy atom. The second-order valence-electron chi connectivity index (χ2n) is 5.42. The molecular formula is C18H16FN3O4. The minimum Gasteiger partial charge on any atom is -0.494 e. The third kappa shape index (κ3) is 3.80. The number of hydrogen-bond acceptors (Lipinski definition) is 5. The van der Waals surface area contributed by atoms with Crippen molar-refractivity contribution >= 4 is 23.7 Å². The molecule has 2 amide bonds. The lowest BCUT2D eigenvalue weighted by atomic mass is 10.2. The number of ether oxygens (including phenoxy) is 2. The van der Waals surface area contributed by atoms with Crippen molar-refractivity contribution in [2.45, 2.75) is 0 Å². The van der Waals surface area contributed by atoms with Crippen LogP contribution in [0.1, 0.15) is 5.56 Å². The summed E-state index contributed by atoms with van der Waals surface area (Å²) in [5.41, 5.74) is 3.30. The van der Waals surface area contributed by atoms with E-state index < -0.39 is 11.7 Å². The van der Waals surface area contributed by atoms with Gasteiger partial charge >= 0.3 is 0 Å². The van der Waals surface area contributed by atoms with E-state index in [1.807, 2.05) is 0 Å². The second kappa shape index (κ2) is 7.64. The molecule has 0 fully saturated rings. The Kier molecular flexibility index (Phi) is 5.12. The average molecular weight is 357 g/mol. The van der Waals surface area contributed by atoms with E-state index in [-0.39, 0.29) is 24.8 Å². The Morgan fingerprint density at radius 1 is 1.38 bits per heavy atom. The number of hydrazone groups is 1. The smallest absolute Gasteiger partial charge is 0.265 e. The normalized spacial score (nSPS) is 13.3. The molecule has 0 saturated carbocycles. The van der Waals surface area contributed by atoms with Crippen LogP contribution in [0.5, 0.6) is 11.5 Å². The number of methoxy groups -OCH3 is 1. The minimum absolute atomic E-state index is 0.121. The van der Waals surface area contributed by atoms with Crippen LogP contribution in [0, 0.1) is 5.82 Å². The van der Waals surface area contributed by atoms with Crippen molar-refractivity contribution in [1.29, 1.82) is 0 Å². The largest absolute Gasteiger partial charge is 0.494 e. The van der Waals surface area contributed by atoms with E-state index in [0.717, 1.165) is 0 Å². The number of nitrogens with one attached hydrogen (secondary N) is 1. The molecule has 0 bridgehead atoms. The SMILES string of the molecule is COc1ccc(/C=N\NC(=O)CN2C(=O)COc3ccccc32)cc1F. The van der Waals surface area contributed by atoms with Crippen LogP contribution in [0.2, 0.25) is 0 Å². The maximum absolute atomic E-state index is 13.6. The van der Waals surface area contributed by atoms with Crippen LogP contribution < -0.4 is 19.8 Å². The molecule has 0 unspecified atom stereocenters. The highest BCUT2D eigenvalue weighted by Gasteiger charge is 2.26. The highest BCUT2D eigenvalue weighted by Crippen LogP contribution is 2.31. The van der Waals surface area contributed by atoms with E-state index in [4.69, 9.17) is 9.47 Å². The molecule has 0 aliphatic carbocycles. The zero-order valence-corrected chi connectivity index (χ0v) is 13.9. The molecule has 8 heteroatoms. The van der Waals surface area contributed by atoms with Gasteiger partial charge in [0, 0.05) is 0 Å². The van der Waals surface area contributed by atoms with Gasteiger partial charge in [-0.2, -0.15) is 5.10 Å². The molecular weight excluding hydrogens is 341 g/mol.